The van der Waals surface area contributed by atoms with Gasteiger partial charge in [0.2, 0.25) is 0 Å². The number of hydrogen-bond acceptors (Lipinski definition) is 4. The summed E-state index contributed by atoms with van der Waals surface area (Å²) in [5.74, 6) is 0. The van der Waals surface area contributed by atoms with E-state index in [-0.39, 0.29) is 0 Å². The van der Waals surface area contributed by atoms with E-state index in [1.807, 2.05) is 13.8 Å². The van der Waals surface area contributed by atoms with Gasteiger partial charge in [-0.15, -0.1) is 0 Å². The molecule has 0 unspecified atom stereocenters. The first-order chi connectivity index (χ1) is 5.46. The van der Waals surface area contributed by atoms with Crippen molar-refractivity contribution in [2.45, 2.75) is 13.8 Å². The summed E-state index contributed by atoms with van der Waals surface area (Å²) in [7, 11) is 0. The average Bonchev–Trinajstić information content (AvgIpc) is 1.93. The molecule has 0 radical (unpaired) electrons. The van der Waals surface area contributed by atoms with Crippen LogP contribution in [0.5, 0.6) is 0 Å². The first-order valence-electron chi connectivity index (χ1n) is 2.50. The lowest BCUT2D eigenvalue weighted by atomic mass is 11.0. The summed E-state index contributed by atoms with van der Waals surface area (Å²) in [6, 6.07) is 0. The number of rotatable bonds is 0. The topological polar surface area (TPSA) is 156 Å². The van der Waals surface area contributed by atoms with E-state index in [9.17, 15) is 0 Å². The van der Waals surface area contributed by atoms with E-state index in [0.717, 1.165) is 0 Å². The Morgan fingerprint density at radius 3 is 0.750 bits per heavy atom. The molecule has 0 spiro atoms. The van der Waals surface area contributed by atoms with Gasteiger partial charge >= 0.3 is 12.3 Å². The molecule has 0 aliphatic carbocycles. The highest BCUT2D eigenvalue weighted by Gasteiger charge is 1.70. The maximum Gasteiger partial charge on any atom is 0.503 e. The van der Waals surface area contributed by atoms with Gasteiger partial charge in [-0.25, -0.2) is 9.59 Å². The molecule has 0 aliphatic rings. The van der Waals surface area contributed by atoms with Crippen LogP contribution >= 0.6 is 0 Å². The quantitative estimate of drug-likeness (QED) is 0.246. The highest BCUT2D eigenvalue weighted by atomic mass is 17.0. The SMILES string of the molecule is CC.O=C(O)O.O=C(O)O.OO. The van der Waals surface area contributed by atoms with Crippen molar-refractivity contribution in [1.82, 2.24) is 0 Å². The van der Waals surface area contributed by atoms with Crippen LogP contribution in [0.3, 0.4) is 0 Å². The first kappa shape index (κ1) is 22.4. The normalized spacial score (nSPS) is 5.00. The van der Waals surface area contributed by atoms with Crippen LogP contribution in [0.2, 0.25) is 0 Å². The van der Waals surface area contributed by atoms with E-state index in [2.05, 4.69) is 0 Å². The summed E-state index contributed by atoms with van der Waals surface area (Å²) in [6.45, 7) is 4.00. The molecule has 0 aromatic heterocycles. The minimum absolute atomic E-state index is 1.83. The first-order valence-corrected chi connectivity index (χ1v) is 2.50. The molecule has 0 heterocycles. The van der Waals surface area contributed by atoms with Crippen LogP contribution in [0.1, 0.15) is 13.8 Å². The average molecular weight is 188 g/mol. The van der Waals surface area contributed by atoms with Gasteiger partial charge in [-0.1, -0.05) is 13.8 Å². The largest absolute Gasteiger partial charge is 0.503 e. The predicted molar refractivity (Wildman–Crippen MR) is 37.9 cm³/mol. The zero-order chi connectivity index (χ0) is 11.2. The molecule has 8 nitrogen and oxygen atoms in total. The van der Waals surface area contributed by atoms with Crippen molar-refractivity contribution in [3.63, 3.8) is 0 Å². The standard InChI is InChI=1S/C2H6.2CH2O3.H2O2/c1-2;2*2-1(3)4;1-2/h1-2H3;2*(H2,2,3,4);1-2H. The lowest BCUT2D eigenvalue weighted by Crippen LogP contribution is -1.81. The van der Waals surface area contributed by atoms with Crippen molar-refractivity contribution in [3.8, 4) is 0 Å². The lowest BCUT2D eigenvalue weighted by Gasteiger charge is -1.60. The van der Waals surface area contributed by atoms with E-state index in [4.69, 9.17) is 40.5 Å². The molecule has 0 aromatic carbocycles. The van der Waals surface area contributed by atoms with Gasteiger partial charge in [0.1, 0.15) is 0 Å². The van der Waals surface area contributed by atoms with Gasteiger partial charge in [-0.05, 0) is 0 Å². The highest BCUT2D eigenvalue weighted by Crippen LogP contribution is 1.43. The summed E-state index contributed by atoms with van der Waals surface area (Å²) < 4.78 is 0. The van der Waals surface area contributed by atoms with Crippen molar-refractivity contribution < 1.29 is 40.5 Å². The van der Waals surface area contributed by atoms with E-state index >= 15 is 0 Å². The predicted octanol–water partition coefficient (Wildman–Crippen LogP) is 1.49. The Bertz CT molecular complexity index is 69.1. The van der Waals surface area contributed by atoms with Gasteiger partial charge in [-0.3, -0.25) is 10.5 Å². The molecule has 0 aliphatic heterocycles. The van der Waals surface area contributed by atoms with Gasteiger partial charge in [0.25, 0.3) is 0 Å². The fraction of sp³-hybridized carbons (Fsp3) is 0.500. The molecule has 12 heavy (non-hydrogen) atoms. The van der Waals surface area contributed by atoms with Crippen molar-refractivity contribution in [2.24, 2.45) is 0 Å². The Balaban J connectivity index is -0.0000000380. The molecule has 8 heteroatoms. The van der Waals surface area contributed by atoms with Gasteiger partial charge in [-0.2, -0.15) is 0 Å². The Labute approximate surface area is 67.9 Å². The van der Waals surface area contributed by atoms with Crippen LogP contribution in [0.4, 0.5) is 9.59 Å². The Hall–Kier alpha value is -1.54. The molecule has 76 valence electrons. The van der Waals surface area contributed by atoms with Crippen LogP contribution in [0.15, 0.2) is 0 Å². The molecule has 0 rings (SSSR count). The van der Waals surface area contributed by atoms with Crippen LogP contribution in [-0.2, 0) is 0 Å². The number of hydrogen-bond donors (Lipinski definition) is 6. The molecular formula is C4H12O8. The third-order valence-electron chi connectivity index (χ3n) is 0. The second-order valence-corrected chi connectivity index (χ2v) is 0.565. The minimum atomic E-state index is -1.83. The molecule has 0 fully saturated rings. The highest BCUT2D eigenvalue weighted by molar-refractivity contribution is 5.53. The van der Waals surface area contributed by atoms with Crippen LogP contribution in [-0.4, -0.2) is 43.3 Å². The maximum absolute atomic E-state index is 8.56. The molecular weight excluding hydrogens is 176 g/mol. The third kappa shape index (κ3) is 199. The number of carboxylic acid groups (broad SMARTS) is 4. The summed E-state index contributed by atoms with van der Waals surface area (Å²) in [6.07, 6.45) is -3.67. The second-order valence-electron chi connectivity index (χ2n) is 0.565. The third-order valence-corrected chi connectivity index (χ3v) is 0. The Morgan fingerprint density at radius 1 is 0.750 bits per heavy atom. The molecule has 0 bridgehead atoms. The fourth-order valence-corrected chi connectivity index (χ4v) is 0. The van der Waals surface area contributed by atoms with Crippen molar-refractivity contribution in [1.29, 1.82) is 0 Å². The van der Waals surface area contributed by atoms with Crippen LogP contribution < -0.4 is 0 Å². The van der Waals surface area contributed by atoms with Gasteiger partial charge in [0, 0.05) is 0 Å². The summed E-state index contributed by atoms with van der Waals surface area (Å²) in [4.78, 5) is 17.1. The van der Waals surface area contributed by atoms with Gasteiger partial charge < -0.3 is 20.4 Å². The molecule has 0 saturated carbocycles. The Kier molecular flexibility index (Phi) is 63.6. The molecule has 0 amide bonds. The molecule has 0 saturated heterocycles. The zero-order valence-electron chi connectivity index (χ0n) is 6.50. The fourth-order valence-electron chi connectivity index (χ4n) is 0. The van der Waals surface area contributed by atoms with Crippen molar-refractivity contribution >= 4 is 12.3 Å². The zero-order valence-corrected chi connectivity index (χ0v) is 6.50. The van der Waals surface area contributed by atoms with E-state index < -0.39 is 12.3 Å². The maximum atomic E-state index is 8.56. The van der Waals surface area contributed by atoms with E-state index in [1.165, 1.54) is 0 Å². The second kappa shape index (κ2) is 34.0. The van der Waals surface area contributed by atoms with Gasteiger partial charge in [0.05, 0.1) is 0 Å². The summed E-state index contributed by atoms with van der Waals surface area (Å²) in [5, 5.41) is 39.9. The van der Waals surface area contributed by atoms with Crippen molar-refractivity contribution in [3.05, 3.63) is 0 Å². The van der Waals surface area contributed by atoms with Gasteiger partial charge in [0.15, 0.2) is 0 Å². The summed E-state index contributed by atoms with van der Waals surface area (Å²) in [5.41, 5.74) is 0. The van der Waals surface area contributed by atoms with E-state index in [1.54, 1.807) is 0 Å². The minimum Gasteiger partial charge on any atom is -0.450 e. The molecule has 0 aromatic rings. The van der Waals surface area contributed by atoms with Crippen LogP contribution in [0, 0.1) is 0 Å². The summed E-state index contributed by atoms with van der Waals surface area (Å²) >= 11 is 0. The molecule has 0 atom stereocenters. The Morgan fingerprint density at radius 2 is 0.750 bits per heavy atom. The number of carbonyl (C=O) groups is 2. The smallest absolute Gasteiger partial charge is 0.450 e. The molecule has 6 N–H and O–H groups in total. The lowest BCUT2D eigenvalue weighted by molar-refractivity contribution is -0.176. The van der Waals surface area contributed by atoms with E-state index in [0.29, 0.717) is 0 Å². The monoisotopic (exact) mass is 188 g/mol. The van der Waals surface area contributed by atoms with Crippen molar-refractivity contribution in [2.75, 3.05) is 0 Å². The van der Waals surface area contributed by atoms with Crippen LogP contribution in [0.25, 0.3) is 0 Å².